The summed E-state index contributed by atoms with van der Waals surface area (Å²) in [6.07, 6.45) is 4.68. The second-order valence-electron chi connectivity index (χ2n) is 4.82. The van der Waals surface area contributed by atoms with E-state index >= 15 is 0 Å². The molecule has 3 nitrogen and oxygen atoms in total. The molecule has 1 rings (SSSR count). The Hall–Kier alpha value is -1.51. The molecule has 2 N–H and O–H groups in total. The van der Waals surface area contributed by atoms with Crippen molar-refractivity contribution in [3.05, 3.63) is 29.3 Å². The number of nitrogens with one attached hydrogen (secondary N) is 2. The van der Waals surface area contributed by atoms with Gasteiger partial charge in [0.1, 0.15) is 0 Å². The Bertz CT molecular complexity index is 368. The second kappa shape index (κ2) is 7.75. The van der Waals surface area contributed by atoms with Gasteiger partial charge in [-0.2, -0.15) is 0 Å². The summed E-state index contributed by atoms with van der Waals surface area (Å²) in [7, 11) is 0. The average Bonchev–Trinajstić information content (AvgIpc) is 2.27. The average molecular weight is 248 g/mol. The Morgan fingerprint density at radius 1 is 1.06 bits per heavy atom. The molecule has 3 heteroatoms. The van der Waals surface area contributed by atoms with Crippen molar-refractivity contribution in [1.29, 1.82) is 0 Å². The van der Waals surface area contributed by atoms with Crippen molar-refractivity contribution in [2.24, 2.45) is 0 Å². The van der Waals surface area contributed by atoms with Crippen molar-refractivity contribution in [1.82, 2.24) is 5.32 Å². The number of unbranched alkanes of at least 4 members (excludes halogenated alkanes) is 3. The highest BCUT2D eigenvalue weighted by atomic mass is 16.2. The first-order valence-electron chi connectivity index (χ1n) is 6.75. The van der Waals surface area contributed by atoms with E-state index in [-0.39, 0.29) is 6.03 Å². The molecule has 0 saturated carbocycles. The van der Waals surface area contributed by atoms with Crippen molar-refractivity contribution >= 4 is 11.7 Å². The van der Waals surface area contributed by atoms with Crippen LogP contribution in [-0.4, -0.2) is 12.6 Å². The van der Waals surface area contributed by atoms with Crippen LogP contribution < -0.4 is 10.6 Å². The fourth-order valence-corrected chi connectivity index (χ4v) is 1.98. The van der Waals surface area contributed by atoms with Gasteiger partial charge >= 0.3 is 6.03 Å². The second-order valence-corrected chi connectivity index (χ2v) is 4.82. The normalized spacial score (nSPS) is 10.2. The summed E-state index contributed by atoms with van der Waals surface area (Å²) in [6, 6.07) is 5.93. The Balaban J connectivity index is 2.31. The first-order valence-corrected chi connectivity index (χ1v) is 6.75. The van der Waals surface area contributed by atoms with Crippen molar-refractivity contribution in [3.63, 3.8) is 0 Å². The summed E-state index contributed by atoms with van der Waals surface area (Å²) >= 11 is 0. The number of hydrogen-bond donors (Lipinski definition) is 2. The number of anilines is 1. The molecular formula is C15H24N2O. The van der Waals surface area contributed by atoms with Crippen molar-refractivity contribution in [2.45, 2.75) is 46.5 Å². The molecule has 1 aromatic carbocycles. The van der Waals surface area contributed by atoms with E-state index in [4.69, 9.17) is 0 Å². The van der Waals surface area contributed by atoms with Crippen molar-refractivity contribution in [3.8, 4) is 0 Å². The minimum Gasteiger partial charge on any atom is -0.338 e. The van der Waals surface area contributed by atoms with Gasteiger partial charge in [-0.05, 0) is 43.5 Å². The largest absolute Gasteiger partial charge is 0.338 e. The van der Waals surface area contributed by atoms with Gasteiger partial charge in [0.05, 0.1) is 0 Å². The molecular weight excluding hydrogens is 224 g/mol. The van der Waals surface area contributed by atoms with E-state index in [0.717, 1.165) is 29.8 Å². The Morgan fingerprint density at radius 3 is 2.33 bits per heavy atom. The third-order valence-electron chi connectivity index (χ3n) is 2.80. The highest BCUT2D eigenvalue weighted by molar-refractivity contribution is 5.89. The maximum Gasteiger partial charge on any atom is 0.319 e. The molecule has 0 radical (unpaired) electrons. The molecule has 0 fully saturated rings. The zero-order chi connectivity index (χ0) is 13.4. The Kier molecular flexibility index (Phi) is 6.26. The number of rotatable bonds is 6. The molecule has 0 aliphatic carbocycles. The summed E-state index contributed by atoms with van der Waals surface area (Å²) in [6.45, 7) is 6.98. The van der Waals surface area contributed by atoms with Gasteiger partial charge in [-0.3, -0.25) is 0 Å². The van der Waals surface area contributed by atoms with Crippen LogP contribution in [0.4, 0.5) is 10.5 Å². The van der Waals surface area contributed by atoms with E-state index in [1.54, 1.807) is 0 Å². The molecule has 0 aliphatic rings. The predicted molar refractivity (Wildman–Crippen MR) is 77.1 cm³/mol. The lowest BCUT2D eigenvalue weighted by Crippen LogP contribution is -2.29. The minimum absolute atomic E-state index is 0.114. The highest BCUT2D eigenvalue weighted by Gasteiger charge is 2.01. The van der Waals surface area contributed by atoms with Gasteiger partial charge < -0.3 is 10.6 Å². The number of hydrogen-bond acceptors (Lipinski definition) is 1. The number of carbonyl (C=O) groups excluding carboxylic acids is 1. The fraction of sp³-hybridized carbons (Fsp3) is 0.533. The van der Waals surface area contributed by atoms with E-state index in [1.165, 1.54) is 19.3 Å². The lowest BCUT2D eigenvalue weighted by molar-refractivity contribution is 0.252. The van der Waals surface area contributed by atoms with Gasteiger partial charge in [0.2, 0.25) is 0 Å². The topological polar surface area (TPSA) is 41.1 Å². The molecule has 0 spiro atoms. The molecule has 0 heterocycles. The van der Waals surface area contributed by atoms with E-state index < -0.39 is 0 Å². The zero-order valence-electron chi connectivity index (χ0n) is 11.7. The van der Waals surface area contributed by atoms with Gasteiger partial charge in [0.15, 0.2) is 0 Å². The van der Waals surface area contributed by atoms with Crippen LogP contribution in [0.2, 0.25) is 0 Å². The van der Waals surface area contributed by atoms with E-state index in [0.29, 0.717) is 0 Å². The maximum absolute atomic E-state index is 11.6. The summed E-state index contributed by atoms with van der Waals surface area (Å²) in [5, 5.41) is 5.74. The lowest BCUT2D eigenvalue weighted by atomic mass is 10.1. The zero-order valence-corrected chi connectivity index (χ0v) is 11.7. The van der Waals surface area contributed by atoms with E-state index in [2.05, 4.69) is 23.6 Å². The van der Waals surface area contributed by atoms with Crippen molar-refractivity contribution in [2.75, 3.05) is 11.9 Å². The molecule has 0 aromatic heterocycles. The third-order valence-corrected chi connectivity index (χ3v) is 2.80. The summed E-state index contributed by atoms with van der Waals surface area (Å²) in [5.41, 5.74) is 3.18. The number of amides is 2. The van der Waals surface area contributed by atoms with Gasteiger partial charge in [-0.15, -0.1) is 0 Å². The van der Waals surface area contributed by atoms with Crippen LogP contribution in [-0.2, 0) is 0 Å². The molecule has 0 aliphatic heterocycles. The smallest absolute Gasteiger partial charge is 0.319 e. The van der Waals surface area contributed by atoms with Gasteiger partial charge in [0.25, 0.3) is 0 Å². The third kappa shape index (κ3) is 5.71. The summed E-state index contributed by atoms with van der Waals surface area (Å²) in [4.78, 5) is 11.6. The first kappa shape index (κ1) is 14.6. The molecule has 1 aromatic rings. The van der Waals surface area contributed by atoms with Crippen LogP contribution >= 0.6 is 0 Å². The van der Waals surface area contributed by atoms with E-state index in [9.17, 15) is 4.79 Å². The molecule has 0 saturated heterocycles. The lowest BCUT2D eigenvalue weighted by Gasteiger charge is -2.09. The predicted octanol–water partition coefficient (Wildman–Crippen LogP) is 4.01. The minimum atomic E-state index is -0.114. The summed E-state index contributed by atoms with van der Waals surface area (Å²) in [5.74, 6) is 0. The quantitative estimate of drug-likeness (QED) is 0.734. The standard InChI is InChI=1S/C15H24N2O/c1-4-5-6-7-8-16-15(18)17-14-10-12(2)9-13(3)11-14/h9-11H,4-8H2,1-3H3,(H2,16,17,18). The van der Waals surface area contributed by atoms with Gasteiger partial charge in [-0.1, -0.05) is 32.3 Å². The van der Waals surface area contributed by atoms with Crippen LogP contribution in [0.15, 0.2) is 18.2 Å². The Morgan fingerprint density at radius 2 is 1.72 bits per heavy atom. The monoisotopic (exact) mass is 248 g/mol. The molecule has 100 valence electrons. The Labute approximate surface area is 110 Å². The van der Waals surface area contributed by atoms with Crippen LogP contribution in [0.1, 0.15) is 43.7 Å². The number of urea groups is 1. The molecule has 0 bridgehead atoms. The van der Waals surface area contributed by atoms with Crippen molar-refractivity contribution < 1.29 is 4.79 Å². The van der Waals surface area contributed by atoms with Crippen LogP contribution in [0.25, 0.3) is 0 Å². The van der Waals surface area contributed by atoms with Crippen LogP contribution in [0.3, 0.4) is 0 Å². The van der Waals surface area contributed by atoms with Crippen LogP contribution in [0, 0.1) is 13.8 Å². The summed E-state index contributed by atoms with van der Waals surface area (Å²) < 4.78 is 0. The number of aryl methyl sites for hydroxylation is 2. The highest BCUT2D eigenvalue weighted by Crippen LogP contribution is 2.13. The van der Waals surface area contributed by atoms with Gasteiger partial charge in [0, 0.05) is 12.2 Å². The van der Waals surface area contributed by atoms with E-state index in [1.807, 2.05) is 26.0 Å². The number of benzene rings is 1. The molecule has 0 atom stereocenters. The van der Waals surface area contributed by atoms with Crippen LogP contribution in [0.5, 0.6) is 0 Å². The van der Waals surface area contributed by atoms with Gasteiger partial charge in [-0.25, -0.2) is 4.79 Å². The number of carbonyl (C=O) groups is 1. The molecule has 2 amide bonds. The SMILES string of the molecule is CCCCCCNC(=O)Nc1cc(C)cc(C)c1. The molecule has 0 unspecified atom stereocenters. The fourth-order valence-electron chi connectivity index (χ4n) is 1.98. The first-order chi connectivity index (χ1) is 8.61. The molecule has 18 heavy (non-hydrogen) atoms. The maximum atomic E-state index is 11.6.